The van der Waals surface area contributed by atoms with Crippen molar-refractivity contribution in [1.29, 1.82) is 0 Å². The molecule has 17 heteroatoms. The van der Waals surface area contributed by atoms with Gasteiger partial charge in [0.05, 0.1) is 28.6 Å². The van der Waals surface area contributed by atoms with Crippen LogP contribution in [0.5, 0.6) is 0 Å². The number of thioether (sulfide) groups is 1. The number of nitrogens with two attached hydrogens (primary N) is 1. The number of anilines is 1. The van der Waals surface area contributed by atoms with E-state index in [0.717, 1.165) is 20.9 Å². The van der Waals surface area contributed by atoms with Gasteiger partial charge in [-0.2, -0.15) is 0 Å². The molecule has 1 saturated heterocycles. The molecule has 0 saturated carbocycles. The second-order valence-corrected chi connectivity index (χ2v) is 11.0. The summed E-state index contributed by atoms with van der Waals surface area (Å²) in [5.41, 5.74) is 5.92. The number of nitrogen functional groups attached to an aromatic ring is 1. The molecule has 12 nitrogen and oxygen atoms in total. The minimum absolute atomic E-state index is 0. The number of halogens is 1. The van der Waals surface area contributed by atoms with Gasteiger partial charge in [-0.3, -0.25) is 14.6 Å². The monoisotopic (exact) mass is 585 g/mol. The average molecular weight is 586 g/mol. The minimum Gasteiger partial charge on any atom is -0.543 e. The van der Waals surface area contributed by atoms with Gasteiger partial charge in [0.2, 0.25) is 0 Å². The molecule has 3 N–H and O–H groups in total. The zero-order chi connectivity index (χ0) is 26.1. The standard InChI is InChI=1S/C21H18FN7O5S3.Na/c22-4-6-34-28-14(10-8-35-20(23)25-10)17(30)27-15-11-1-2-13(16(19(32)33)29(11)18(15)31)37-21-26-9-7-24-5-3-12(9)36-21;/h3,5,7-8,11,15H,1-2,4,6H2,(H2,23,25)(H,27,30)(H,32,33);/q;+1/p-1/b28-14+;/t11-,15+;/m1./s1. The first-order chi connectivity index (χ1) is 17.9. The Hall–Kier alpha value is -2.63. The molecule has 3 aromatic rings. The number of allylic oxidation sites excluding steroid dienone is 1. The van der Waals surface area contributed by atoms with Crippen molar-refractivity contribution in [3.05, 3.63) is 40.1 Å². The normalized spacial score (nSPS) is 19.0. The first-order valence-electron chi connectivity index (χ1n) is 10.8. The van der Waals surface area contributed by atoms with E-state index in [0.29, 0.717) is 27.6 Å². The van der Waals surface area contributed by atoms with Gasteiger partial charge in [-0.25, -0.2) is 14.4 Å². The maximum atomic E-state index is 13.0. The maximum absolute atomic E-state index is 13.0. The van der Waals surface area contributed by atoms with E-state index in [-0.39, 0.29) is 58.4 Å². The smallest absolute Gasteiger partial charge is 0.543 e. The van der Waals surface area contributed by atoms with E-state index >= 15 is 0 Å². The van der Waals surface area contributed by atoms with Crippen LogP contribution in [0.3, 0.4) is 0 Å². The Bertz CT molecular complexity index is 1430. The number of carbonyl (C=O) groups excluding carboxylic acids is 3. The Balaban J connectivity index is 0.00000336. The summed E-state index contributed by atoms with van der Waals surface area (Å²) in [6.45, 7) is -1.19. The molecule has 1 fully saturated rings. The quantitative estimate of drug-likeness (QED) is 0.0911. The Morgan fingerprint density at radius 2 is 2.21 bits per heavy atom. The van der Waals surface area contributed by atoms with E-state index in [2.05, 4.69) is 25.4 Å². The number of hydrogen-bond donors (Lipinski definition) is 2. The minimum atomic E-state index is -1.49. The van der Waals surface area contributed by atoms with E-state index < -0.39 is 36.5 Å². The Kier molecular flexibility index (Phi) is 9.00. The molecule has 0 aliphatic carbocycles. The third-order valence-corrected chi connectivity index (χ3v) is 8.47. The van der Waals surface area contributed by atoms with Crippen molar-refractivity contribution in [3.8, 4) is 0 Å². The largest absolute Gasteiger partial charge is 1.00 e. The number of carboxylic acids is 1. The van der Waals surface area contributed by atoms with Crippen LogP contribution >= 0.6 is 34.4 Å². The molecule has 0 unspecified atom stereocenters. The summed E-state index contributed by atoms with van der Waals surface area (Å²) in [7, 11) is 0. The van der Waals surface area contributed by atoms with E-state index in [4.69, 9.17) is 10.6 Å². The van der Waals surface area contributed by atoms with Gasteiger partial charge in [0, 0.05) is 16.5 Å². The van der Waals surface area contributed by atoms with Gasteiger partial charge >= 0.3 is 29.6 Å². The number of amides is 2. The Morgan fingerprint density at radius 1 is 1.39 bits per heavy atom. The molecule has 0 radical (unpaired) electrons. The number of alkyl halides is 1. The molecule has 2 aliphatic heterocycles. The summed E-state index contributed by atoms with van der Waals surface area (Å²) in [5, 5.41) is 19.9. The number of oxime groups is 1. The van der Waals surface area contributed by atoms with Crippen molar-refractivity contribution < 1.29 is 58.3 Å². The number of aliphatic carboxylic acids is 1. The van der Waals surface area contributed by atoms with E-state index in [1.54, 1.807) is 12.4 Å². The van der Waals surface area contributed by atoms with Gasteiger partial charge in [-0.05, 0) is 18.9 Å². The van der Waals surface area contributed by atoms with Gasteiger partial charge in [-0.1, -0.05) is 16.9 Å². The summed E-state index contributed by atoms with van der Waals surface area (Å²) in [6, 6.07) is 0.222. The van der Waals surface area contributed by atoms with Crippen molar-refractivity contribution in [1.82, 2.24) is 25.2 Å². The second-order valence-electron chi connectivity index (χ2n) is 7.78. The van der Waals surface area contributed by atoms with Crippen LogP contribution in [-0.2, 0) is 19.2 Å². The van der Waals surface area contributed by atoms with E-state index in [1.807, 2.05) is 6.07 Å². The molecule has 3 aromatic heterocycles. The van der Waals surface area contributed by atoms with Crippen molar-refractivity contribution in [2.24, 2.45) is 5.16 Å². The Labute approximate surface area is 248 Å². The van der Waals surface area contributed by atoms with Crippen molar-refractivity contribution >= 4 is 73.3 Å². The number of nitrogens with one attached hydrogen (secondary N) is 1. The van der Waals surface area contributed by atoms with Crippen LogP contribution in [0.1, 0.15) is 18.5 Å². The summed E-state index contributed by atoms with van der Waals surface area (Å²) in [6.07, 6.45) is 4.00. The van der Waals surface area contributed by atoms with Crippen LogP contribution in [-0.4, -0.2) is 68.7 Å². The second kappa shape index (κ2) is 12.0. The third-order valence-electron chi connectivity index (χ3n) is 5.56. The maximum Gasteiger partial charge on any atom is 1.00 e. The first kappa shape index (κ1) is 28.4. The number of carboxylic acid groups (broad SMARTS) is 1. The summed E-state index contributed by atoms with van der Waals surface area (Å²) < 4.78 is 14.0. The predicted molar refractivity (Wildman–Crippen MR) is 132 cm³/mol. The molecule has 2 aliphatic rings. The van der Waals surface area contributed by atoms with Crippen LogP contribution < -0.4 is 45.7 Å². The molecular weight excluding hydrogens is 568 g/mol. The van der Waals surface area contributed by atoms with Crippen LogP contribution in [0, 0.1) is 0 Å². The zero-order valence-corrected chi connectivity index (χ0v) is 24.2. The number of pyridine rings is 1. The third kappa shape index (κ3) is 5.55. The van der Waals surface area contributed by atoms with Gasteiger partial charge in [-0.15, -0.1) is 22.7 Å². The number of thiazole rings is 2. The average Bonchev–Trinajstić information content (AvgIpc) is 3.50. The SMILES string of the molecule is Nc1nc(/C(=N\OCCF)C(=O)N[C@@H]2C(=O)N3C(C(=O)[O-])=C(Sc4nc5cnccc5s4)CC[C@H]23)cs1.[Na+]. The molecule has 0 aromatic carbocycles. The van der Waals surface area contributed by atoms with Crippen molar-refractivity contribution in [2.45, 2.75) is 29.3 Å². The van der Waals surface area contributed by atoms with E-state index in [1.165, 1.54) is 28.5 Å². The fraction of sp³-hybridized carbons (Fsp3) is 0.286. The van der Waals surface area contributed by atoms with Crippen LogP contribution in [0.4, 0.5) is 9.52 Å². The van der Waals surface area contributed by atoms with E-state index in [9.17, 15) is 23.9 Å². The van der Waals surface area contributed by atoms with Gasteiger partial charge in [0.1, 0.15) is 30.5 Å². The summed E-state index contributed by atoms with van der Waals surface area (Å²) in [4.78, 5) is 56.9. The molecule has 0 bridgehead atoms. The van der Waals surface area contributed by atoms with Gasteiger partial charge < -0.3 is 30.7 Å². The number of β-lactam (4-membered cyclic amide) rings is 1. The fourth-order valence-corrected chi connectivity index (χ4v) is 6.78. The Morgan fingerprint density at radius 3 is 2.89 bits per heavy atom. The van der Waals surface area contributed by atoms with Crippen LogP contribution in [0.25, 0.3) is 10.2 Å². The predicted octanol–water partition coefficient (Wildman–Crippen LogP) is -2.33. The number of nitrogens with zero attached hydrogens (tertiary/aromatic N) is 5. The van der Waals surface area contributed by atoms with Crippen molar-refractivity contribution in [3.63, 3.8) is 0 Å². The van der Waals surface area contributed by atoms with Crippen molar-refractivity contribution in [2.75, 3.05) is 19.0 Å². The molecule has 2 amide bonds. The number of hydrogen-bond acceptors (Lipinski definition) is 13. The van der Waals surface area contributed by atoms with Gasteiger partial charge in [0.25, 0.3) is 11.8 Å². The molecule has 192 valence electrons. The summed E-state index contributed by atoms with van der Waals surface area (Å²) >= 11 is 3.62. The number of aromatic nitrogens is 3. The fourth-order valence-electron chi connectivity index (χ4n) is 3.98. The molecule has 5 rings (SSSR count). The molecule has 38 heavy (non-hydrogen) atoms. The molecule has 2 atom stereocenters. The number of carbonyl (C=O) groups is 3. The topological polar surface area (TPSA) is 176 Å². The van der Waals surface area contributed by atoms with Gasteiger partial charge in [0.15, 0.2) is 15.2 Å². The molecular formula is C21H17FN7NaO5S3. The molecule has 0 spiro atoms. The van der Waals surface area contributed by atoms with Crippen LogP contribution in [0.15, 0.2) is 43.9 Å². The zero-order valence-electron chi connectivity index (χ0n) is 19.7. The van der Waals surface area contributed by atoms with Crippen LogP contribution in [0.2, 0.25) is 0 Å². The number of fused-ring (bicyclic) bond motifs is 2. The summed E-state index contributed by atoms with van der Waals surface area (Å²) in [5.74, 6) is -2.89. The first-order valence-corrected chi connectivity index (χ1v) is 13.3. The number of rotatable bonds is 9. The molecule has 5 heterocycles.